The molecule has 0 atom stereocenters. The second-order valence-corrected chi connectivity index (χ2v) is 9.68. The van der Waals surface area contributed by atoms with Gasteiger partial charge in [-0.1, -0.05) is 42.5 Å². The molecule has 0 N–H and O–H groups in total. The first kappa shape index (κ1) is 24.1. The van der Waals surface area contributed by atoms with Crippen LogP contribution in [0.3, 0.4) is 0 Å². The predicted molar refractivity (Wildman–Crippen MR) is 144 cm³/mol. The third kappa shape index (κ3) is 4.17. The molecular weight excluding hydrogens is 468 g/mol. The van der Waals surface area contributed by atoms with Crippen LogP contribution in [0, 0.1) is 28.6 Å². The van der Waals surface area contributed by atoms with Gasteiger partial charge >= 0.3 is 0 Å². The second kappa shape index (κ2) is 10.2. The van der Waals surface area contributed by atoms with Crippen LogP contribution in [-0.2, 0) is 19.4 Å². The van der Waals surface area contributed by atoms with E-state index >= 15 is 0 Å². The van der Waals surface area contributed by atoms with Gasteiger partial charge in [0, 0.05) is 44.2 Å². The Hall–Kier alpha value is -3.58. The minimum Gasteiger partial charge on any atom is -0.357 e. The molecule has 2 aliphatic rings. The van der Waals surface area contributed by atoms with Gasteiger partial charge in [0.2, 0.25) is 0 Å². The van der Waals surface area contributed by atoms with Crippen LogP contribution in [0.1, 0.15) is 35.1 Å². The smallest absolute Gasteiger partial charge is 0.157 e. The molecule has 1 fully saturated rings. The highest BCUT2D eigenvalue weighted by Gasteiger charge is 2.31. The van der Waals surface area contributed by atoms with Gasteiger partial charge < -0.3 is 4.90 Å². The van der Waals surface area contributed by atoms with Crippen molar-refractivity contribution in [1.82, 2.24) is 14.3 Å². The van der Waals surface area contributed by atoms with Crippen LogP contribution in [0.4, 0.5) is 5.82 Å². The maximum atomic E-state index is 10.2. The average molecular weight is 497 g/mol. The van der Waals surface area contributed by atoms with Crippen LogP contribution < -0.4 is 4.90 Å². The molecule has 0 radical (unpaired) electrons. The number of anilines is 1. The predicted octanol–water partition coefficient (Wildman–Crippen LogP) is 5.12. The molecule has 2 aliphatic heterocycles. The summed E-state index contributed by atoms with van der Waals surface area (Å²) in [6.07, 6.45) is 3.61. The van der Waals surface area contributed by atoms with E-state index in [4.69, 9.17) is 4.98 Å². The Morgan fingerprint density at radius 2 is 1.67 bits per heavy atom. The molecule has 4 heterocycles. The van der Waals surface area contributed by atoms with E-state index in [1.807, 2.05) is 18.2 Å². The first-order valence-electron chi connectivity index (χ1n) is 12.5. The molecule has 2 aromatic heterocycles. The zero-order valence-electron chi connectivity index (χ0n) is 20.2. The molecule has 0 saturated carbocycles. The van der Waals surface area contributed by atoms with Crippen molar-refractivity contribution < 1.29 is 0 Å². The van der Waals surface area contributed by atoms with E-state index < -0.39 is 0 Å². The van der Waals surface area contributed by atoms with Crippen LogP contribution in [-0.4, -0.2) is 40.5 Å². The highest BCUT2D eigenvalue weighted by atomic mass is 35.5. The number of aromatic nitrogens is 2. The number of hydrogen-bond donors (Lipinski definition) is 0. The van der Waals surface area contributed by atoms with Gasteiger partial charge in [0.1, 0.15) is 11.9 Å². The fraction of sp³-hybridized carbons (Fsp3) is 0.345. The van der Waals surface area contributed by atoms with Crippen LogP contribution >= 0.6 is 12.4 Å². The number of nitrogens with zero attached hydrogens (tertiary/aromatic N) is 6. The molecule has 2 aromatic carbocycles. The van der Waals surface area contributed by atoms with Gasteiger partial charge in [-0.15, -0.1) is 12.4 Å². The van der Waals surface area contributed by atoms with Crippen molar-refractivity contribution >= 4 is 34.9 Å². The Labute approximate surface area is 217 Å². The maximum absolute atomic E-state index is 10.2. The number of nitriles is 2. The molecule has 6 nitrogen and oxygen atoms in total. The Kier molecular flexibility index (Phi) is 6.83. The Balaban J connectivity index is 0.00000267. The summed E-state index contributed by atoms with van der Waals surface area (Å²) in [7, 11) is 0. The van der Waals surface area contributed by atoms with Gasteiger partial charge in [0.25, 0.3) is 0 Å². The number of benzene rings is 2. The summed E-state index contributed by atoms with van der Waals surface area (Å²) >= 11 is 0. The highest BCUT2D eigenvalue weighted by Crippen LogP contribution is 2.38. The molecule has 0 spiro atoms. The molecule has 0 bridgehead atoms. The fourth-order valence-corrected chi connectivity index (χ4v) is 5.77. The summed E-state index contributed by atoms with van der Waals surface area (Å²) in [4.78, 5) is 9.88. The van der Waals surface area contributed by atoms with E-state index in [1.54, 1.807) is 0 Å². The van der Waals surface area contributed by atoms with Gasteiger partial charge in [-0.2, -0.15) is 10.5 Å². The van der Waals surface area contributed by atoms with Crippen molar-refractivity contribution in [2.75, 3.05) is 31.1 Å². The number of piperidine rings is 1. The molecule has 0 unspecified atom stereocenters. The van der Waals surface area contributed by atoms with Crippen LogP contribution in [0.2, 0.25) is 0 Å². The van der Waals surface area contributed by atoms with E-state index in [1.165, 1.54) is 16.9 Å². The minimum absolute atomic E-state index is 0. The largest absolute Gasteiger partial charge is 0.357 e. The van der Waals surface area contributed by atoms with Crippen molar-refractivity contribution in [3.05, 3.63) is 76.9 Å². The molecule has 0 aliphatic carbocycles. The van der Waals surface area contributed by atoms with E-state index in [9.17, 15) is 10.5 Å². The summed E-state index contributed by atoms with van der Waals surface area (Å²) in [5, 5.41) is 19.7. The van der Waals surface area contributed by atoms with Crippen LogP contribution in [0.5, 0.6) is 0 Å². The zero-order valence-corrected chi connectivity index (χ0v) is 21.0. The molecule has 0 amide bonds. The average Bonchev–Trinajstić information content (AvgIpc) is 3.30. The van der Waals surface area contributed by atoms with E-state index in [0.717, 1.165) is 86.2 Å². The van der Waals surface area contributed by atoms with Crippen molar-refractivity contribution in [2.45, 2.75) is 32.2 Å². The fourth-order valence-electron chi connectivity index (χ4n) is 5.77. The normalized spacial score (nSPS) is 16.3. The Bertz CT molecular complexity index is 1470. The van der Waals surface area contributed by atoms with E-state index in [-0.39, 0.29) is 18.3 Å². The first-order chi connectivity index (χ1) is 17.3. The number of rotatable bonds is 4. The van der Waals surface area contributed by atoms with Gasteiger partial charge in [-0.05, 0) is 48.9 Å². The SMILES string of the molecule is Cl.N#Cc1c2c(c(N3CCC(C#N)CC3)n3c1nc1ccccc13)CN(CCc1ccccc1)CC2. The third-order valence-corrected chi connectivity index (χ3v) is 7.64. The lowest BCUT2D eigenvalue weighted by Gasteiger charge is -2.37. The Morgan fingerprint density at radius 1 is 0.917 bits per heavy atom. The van der Waals surface area contributed by atoms with Gasteiger partial charge in [0.05, 0.1) is 22.7 Å². The summed E-state index contributed by atoms with van der Waals surface area (Å²) in [6.45, 7) is 4.46. The quantitative estimate of drug-likeness (QED) is 0.392. The van der Waals surface area contributed by atoms with Crippen LogP contribution in [0.15, 0.2) is 54.6 Å². The minimum atomic E-state index is 0. The zero-order chi connectivity index (χ0) is 23.8. The molecule has 182 valence electrons. The molecule has 36 heavy (non-hydrogen) atoms. The monoisotopic (exact) mass is 496 g/mol. The summed E-state index contributed by atoms with van der Waals surface area (Å²) in [6, 6.07) is 23.8. The van der Waals surface area contributed by atoms with Crippen molar-refractivity contribution in [3.63, 3.8) is 0 Å². The number of halogens is 1. The van der Waals surface area contributed by atoms with Gasteiger partial charge in [0.15, 0.2) is 5.65 Å². The van der Waals surface area contributed by atoms with Crippen LogP contribution in [0.25, 0.3) is 16.7 Å². The molecule has 7 heteroatoms. The molecule has 1 saturated heterocycles. The number of fused-ring (bicyclic) bond motifs is 4. The summed E-state index contributed by atoms with van der Waals surface area (Å²) < 4.78 is 2.22. The van der Waals surface area contributed by atoms with Crippen molar-refractivity contribution in [2.24, 2.45) is 5.92 Å². The van der Waals surface area contributed by atoms with E-state index in [0.29, 0.717) is 0 Å². The topological polar surface area (TPSA) is 71.4 Å². The lowest BCUT2D eigenvalue weighted by atomic mass is 9.93. The Morgan fingerprint density at radius 3 is 2.42 bits per heavy atom. The maximum Gasteiger partial charge on any atom is 0.157 e. The molecule has 6 rings (SSSR count). The highest BCUT2D eigenvalue weighted by molar-refractivity contribution is 5.86. The lowest BCUT2D eigenvalue weighted by molar-refractivity contribution is 0.257. The number of hydrogen-bond acceptors (Lipinski definition) is 5. The van der Waals surface area contributed by atoms with E-state index in [2.05, 4.69) is 62.7 Å². The molecule has 4 aromatic rings. The standard InChI is InChI=1S/C29H28N6.ClH/c30-18-22-11-16-34(17-12-22)29-25-20-33(14-10-21-6-2-1-3-7-21)15-13-23(25)24(19-31)28-32-26-8-4-5-9-27(26)35(28)29;/h1-9,22H,10-17,20H2;1H. The number of para-hydroxylation sites is 2. The third-order valence-electron chi connectivity index (χ3n) is 7.64. The van der Waals surface area contributed by atoms with Gasteiger partial charge in [-0.25, -0.2) is 4.98 Å². The number of imidazole rings is 1. The first-order valence-corrected chi connectivity index (χ1v) is 12.5. The van der Waals surface area contributed by atoms with Crippen molar-refractivity contribution in [3.8, 4) is 12.1 Å². The molecular formula is C29H29ClN6. The van der Waals surface area contributed by atoms with Crippen molar-refractivity contribution in [1.29, 1.82) is 10.5 Å². The summed E-state index contributed by atoms with van der Waals surface area (Å²) in [5.74, 6) is 1.29. The second-order valence-electron chi connectivity index (χ2n) is 9.68. The summed E-state index contributed by atoms with van der Waals surface area (Å²) in [5.41, 5.74) is 7.21. The number of pyridine rings is 1. The lowest BCUT2D eigenvalue weighted by Crippen LogP contribution is -2.39. The van der Waals surface area contributed by atoms with Gasteiger partial charge in [-0.3, -0.25) is 9.30 Å².